The fourth-order valence-corrected chi connectivity index (χ4v) is 3.43. The van der Waals surface area contributed by atoms with Crippen LogP contribution in [0.5, 0.6) is 5.75 Å². The van der Waals surface area contributed by atoms with E-state index in [1.807, 2.05) is 0 Å². The van der Waals surface area contributed by atoms with Crippen LogP contribution in [0.15, 0.2) is 78.9 Å². The van der Waals surface area contributed by atoms with Crippen LogP contribution in [0.25, 0.3) is 0 Å². The first kappa shape index (κ1) is 24.7. The fourth-order valence-electron chi connectivity index (χ4n) is 3.43. The van der Waals surface area contributed by atoms with Crippen LogP contribution < -0.4 is 10.1 Å². The van der Waals surface area contributed by atoms with Crippen molar-refractivity contribution in [2.75, 3.05) is 12.4 Å². The first-order chi connectivity index (χ1) is 16.2. The Labute approximate surface area is 194 Å². The Kier molecular flexibility index (Phi) is 7.83. The van der Waals surface area contributed by atoms with Gasteiger partial charge < -0.3 is 10.1 Å². The molecule has 0 aliphatic heterocycles. The molecular formula is C26H22F3NO4. The number of ketones is 2. The zero-order chi connectivity index (χ0) is 24.7. The molecule has 3 aromatic carbocycles. The lowest BCUT2D eigenvalue weighted by molar-refractivity contribution is -0.137. The number of carbonyl (C=O) groups excluding carboxylic acids is 3. The minimum absolute atomic E-state index is 0.0267. The zero-order valence-corrected chi connectivity index (χ0v) is 18.3. The molecule has 0 fully saturated rings. The molecule has 3 aromatic rings. The van der Waals surface area contributed by atoms with Crippen LogP contribution in [0.2, 0.25) is 0 Å². The number of hydrogen-bond acceptors (Lipinski definition) is 4. The van der Waals surface area contributed by atoms with Gasteiger partial charge in [-0.2, -0.15) is 13.2 Å². The van der Waals surface area contributed by atoms with E-state index < -0.39 is 35.1 Å². The van der Waals surface area contributed by atoms with Gasteiger partial charge in [0, 0.05) is 24.1 Å². The molecule has 0 spiro atoms. The van der Waals surface area contributed by atoms with Crippen LogP contribution in [0.3, 0.4) is 0 Å². The maximum Gasteiger partial charge on any atom is 0.416 e. The quantitative estimate of drug-likeness (QED) is 0.324. The maximum absolute atomic E-state index is 13.2. The molecule has 0 radical (unpaired) electrons. The minimum Gasteiger partial charge on any atom is -0.497 e. The summed E-state index contributed by atoms with van der Waals surface area (Å²) in [5, 5.41) is 2.37. The van der Waals surface area contributed by atoms with Crippen molar-refractivity contribution >= 4 is 23.2 Å². The van der Waals surface area contributed by atoms with Gasteiger partial charge in [0.05, 0.1) is 12.7 Å². The van der Waals surface area contributed by atoms with E-state index in [-0.39, 0.29) is 18.5 Å². The Bertz CT molecular complexity index is 1160. The van der Waals surface area contributed by atoms with Gasteiger partial charge in [0.1, 0.15) is 17.5 Å². The van der Waals surface area contributed by atoms with Crippen LogP contribution in [0, 0.1) is 0 Å². The zero-order valence-electron chi connectivity index (χ0n) is 18.3. The van der Waals surface area contributed by atoms with Crippen molar-refractivity contribution in [3.63, 3.8) is 0 Å². The summed E-state index contributed by atoms with van der Waals surface area (Å²) in [5.41, 5.74) is -0.111. The highest BCUT2D eigenvalue weighted by molar-refractivity contribution is 6.15. The Morgan fingerprint density at radius 2 is 1.56 bits per heavy atom. The highest BCUT2D eigenvalue weighted by atomic mass is 19.4. The summed E-state index contributed by atoms with van der Waals surface area (Å²) >= 11 is 0. The molecule has 1 N–H and O–H groups in total. The van der Waals surface area contributed by atoms with Crippen molar-refractivity contribution in [1.82, 2.24) is 0 Å². The third-order valence-electron chi connectivity index (χ3n) is 5.16. The van der Waals surface area contributed by atoms with Gasteiger partial charge in [-0.15, -0.1) is 0 Å². The predicted molar refractivity (Wildman–Crippen MR) is 121 cm³/mol. The van der Waals surface area contributed by atoms with Gasteiger partial charge >= 0.3 is 6.18 Å². The number of alkyl halides is 3. The highest BCUT2D eigenvalue weighted by Crippen LogP contribution is 2.31. The first-order valence-corrected chi connectivity index (χ1v) is 10.4. The summed E-state index contributed by atoms with van der Waals surface area (Å²) in [6.45, 7) is 0. The van der Waals surface area contributed by atoms with E-state index in [4.69, 9.17) is 4.74 Å². The molecule has 0 saturated carbocycles. The van der Waals surface area contributed by atoms with E-state index in [0.29, 0.717) is 16.9 Å². The van der Waals surface area contributed by atoms with Crippen molar-refractivity contribution < 1.29 is 32.3 Å². The van der Waals surface area contributed by atoms with Gasteiger partial charge in [-0.05, 0) is 48.0 Å². The van der Waals surface area contributed by atoms with Gasteiger partial charge in [-0.1, -0.05) is 36.4 Å². The number of rotatable bonds is 9. The standard InChI is InChI=1S/C26H22F3NO4/c1-34-21-12-10-18(11-13-21)25(33)24(17-6-3-2-4-7-17)22(31)14-15-23(32)30-20-9-5-8-19(16-20)26(27,28)29/h2-13,16,24H,14-15H2,1H3,(H,30,32)/t24-/m1/s1. The third-order valence-corrected chi connectivity index (χ3v) is 5.16. The molecule has 34 heavy (non-hydrogen) atoms. The number of Topliss-reactive ketones (excluding diaryl/α,β-unsaturated/α-hetero) is 2. The predicted octanol–water partition coefficient (Wildman–Crippen LogP) is 5.67. The van der Waals surface area contributed by atoms with Crippen LogP contribution in [0.1, 0.15) is 40.2 Å². The number of hydrogen-bond donors (Lipinski definition) is 1. The summed E-state index contributed by atoms with van der Waals surface area (Å²) in [6, 6.07) is 19.1. The average Bonchev–Trinajstić information content (AvgIpc) is 2.83. The van der Waals surface area contributed by atoms with E-state index in [9.17, 15) is 27.6 Å². The molecule has 0 aliphatic carbocycles. The molecule has 0 unspecified atom stereocenters. The molecule has 176 valence electrons. The molecule has 1 amide bonds. The van der Waals surface area contributed by atoms with Crippen LogP contribution in [-0.2, 0) is 15.8 Å². The SMILES string of the molecule is COc1ccc(C(=O)[C@@H](C(=O)CCC(=O)Nc2cccc(C(F)(F)F)c2)c2ccccc2)cc1. The smallest absolute Gasteiger partial charge is 0.416 e. The van der Waals surface area contributed by atoms with Crippen molar-refractivity contribution in [1.29, 1.82) is 0 Å². The molecule has 0 bridgehead atoms. The fraction of sp³-hybridized carbons (Fsp3) is 0.192. The number of anilines is 1. The minimum atomic E-state index is -4.54. The topological polar surface area (TPSA) is 72.5 Å². The lowest BCUT2D eigenvalue weighted by atomic mass is 9.85. The van der Waals surface area contributed by atoms with E-state index in [2.05, 4.69) is 5.32 Å². The second-order valence-electron chi connectivity index (χ2n) is 7.53. The molecule has 5 nitrogen and oxygen atoms in total. The second-order valence-corrected chi connectivity index (χ2v) is 7.53. The Morgan fingerprint density at radius 3 is 2.18 bits per heavy atom. The van der Waals surface area contributed by atoms with E-state index in [0.717, 1.165) is 12.1 Å². The third kappa shape index (κ3) is 6.31. The molecule has 1 atom stereocenters. The normalized spacial score (nSPS) is 12.0. The number of amides is 1. The molecule has 0 aromatic heterocycles. The van der Waals surface area contributed by atoms with Crippen LogP contribution in [0.4, 0.5) is 18.9 Å². The maximum atomic E-state index is 13.2. The van der Waals surface area contributed by atoms with E-state index in [1.54, 1.807) is 54.6 Å². The summed E-state index contributed by atoms with van der Waals surface area (Å²) in [5.74, 6) is -2.07. The van der Waals surface area contributed by atoms with Crippen molar-refractivity contribution in [3.05, 3.63) is 95.6 Å². The van der Waals surface area contributed by atoms with Crippen LogP contribution >= 0.6 is 0 Å². The van der Waals surface area contributed by atoms with Gasteiger partial charge in [0.25, 0.3) is 0 Å². The lowest BCUT2D eigenvalue weighted by Crippen LogP contribution is -2.24. The second kappa shape index (κ2) is 10.8. The number of benzene rings is 3. The summed E-state index contributed by atoms with van der Waals surface area (Å²) in [7, 11) is 1.50. The average molecular weight is 469 g/mol. The molecule has 0 saturated heterocycles. The Balaban J connectivity index is 1.72. The number of carbonyl (C=O) groups is 3. The summed E-state index contributed by atoms with van der Waals surface area (Å²) < 4.78 is 43.7. The highest BCUT2D eigenvalue weighted by Gasteiger charge is 2.31. The number of ether oxygens (including phenoxy) is 1. The Hall–Kier alpha value is -3.94. The summed E-state index contributed by atoms with van der Waals surface area (Å²) in [4.78, 5) is 38.5. The molecule has 8 heteroatoms. The van der Waals surface area contributed by atoms with Crippen molar-refractivity contribution in [3.8, 4) is 5.75 Å². The number of methoxy groups -OCH3 is 1. The largest absolute Gasteiger partial charge is 0.497 e. The molecule has 0 aliphatic rings. The number of nitrogens with one attached hydrogen (secondary N) is 1. The summed E-state index contributed by atoms with van der Waals surface area (Å²) in [6.07, 6.45) is -5.08. The number of halogens is 3. The molecule has 0 heterocycles. The van der Waals surface area contributed by atoms with Crippen molar-refractivity contribution in [2.24, 2.45) is 0 Å². The lowest BCUT2D eigenvalue weighted by Gasteiger charge is -2.16. The van der Waals surface area contributed by atoms with Crippen molar-refractivity contribution in [2.45, 2.75) is 24.9 Å². The Morgan fingerprint density at radius 1 is 0.882 bits per heavy atom. The van der Waals surface area contributed by atoms with Gasteiger partial charge in [-0.3, -0.25) is 14.4 Å². The van der Waals surface area contributed by atoms with E-state index in [1.165, 1.54) is 19.2 Å². The molecular weight excluding hydrogens is 447 g/mol. The van der Waals surface area contributed by atoms with Gasteiger partial charge in [0.2, 0.25) is 5.91 Å². The van der Waals surface area contributed by atoms with Gasteiger partial charge in [0.15, 0.2) is 5.78 Å². The van der Waals surface area contributed by atoms with Crippen LogP contribution in [-0.4, -0.2) is 24.6 Å². The monoisotopic (exact) mass is 469 g/mol. The van der Waals surface area contributed by atoms with Gasteiger partial charge in [-0.25, -0.2) is 0 Å². The van der Waals surface area contributed by atoms with E-state index >= 15 is 0 Å². The molecule has 3 rings (SSSR count). The first-order valence-electron chi connectivity index (χ1n) is 10.4.